The topological polar surface area (TPSA) is 57.2 Å². The Morgan fingerprint density at radius 3 is 2.33 bits per heavy atom. The Labute approximate surface area is 155 Å². The van der Waals surface area contributed by atoms with Crippen LogP contribution in [0.1, 0.15) is 12.5 Å². The Bertz CT molecular complexity index is 705. The number of rotatable bonds is 2. The van der Waals surface area contributed by atoms with Crippen LogP contribution in [0.15, 0.2) is 47.9 Å². The fourth-order valence-corrected chi connectivity index (χ4v) is 2.67. The summed E-state index contributed by atoms with van der Waals surface area (Å²) in [5.41, 5.74) is 0.981. The van der Waals surface area contributed by atoms with E-state index in [0.29, 0.717) is 11.1 Å². The van der Waals surface area contributed by atoms with Gasteiger partial charge in [0.15, 0.2) is 0 Å². The van der Waals surface area contributed by atoms with Crippen LogP contribution in [0.5, 0.6) is 0 Å². The van der Waals surface area contributed by atoms with E-state index in [1.165, 1.54) is 6.07 Å². The van der Waals surface area contributed by atoms with Crippen LogP contribution in [0.4, 0.5) is 0 Å². The fourth-order valence-electron chi connectivity index (χ4n) is 1.90. The van der Waals surface area contributed by atoms with Gasteiger partial charge in [0.1, 0.15) is 10.1 Å². The molecular formula is C13H11O3RbS. The standard InChI is InChI=1S/C13H12O3S.Rb/c1-9(2)13-11-6-4-3-5-10(11)7-8-12(13)17(14,15)16;/h3-8H,1H2,2H3,(H,14,15,16);/q;+1/p-1. The fraction of sp³-hybridized carbons (Fsp3) is 0.0769. The average Bonchev–Trinajstić information content (AvgIpc) is 2.26. The molecule has 0 saturated carbocycles. The van der Waals surface area contributed by atoms with Gasteiger partial charge < -0.3 is 4.55 Å². The first-order chi connectivity index (χ1) is 7.91. The number of hydrogen-bond donors (Lipinski definition) is 0. The monoisotopic (exact) mass is 332 g/mol. The number of hydrogen-bond acceptors (Lipinski definition) is 3. The van der Waals surface area contributed by atoms with Crippen molar-refractivity contribution in [3.05, 3.63) is 48.5 Å². The van der Waals surface area contributed by atoms with Crippen LogP contribution in [0, 0.1) is 0 Å². The van der Waals surface area contributed by atoms with Crippen molar-refractivity contribution in [3.63, 3.8) is 0 Å². The third kappa shape index (κ3) is 3.18. The van der Waals surface area contributed by atoms with Gasteiger partial charge in [-0.2, -0.15) is 0 Å². The Kier molecular flexibility index (Phi) is 5.47. The number of allylic oxidation sites excluding steroid dienone is 1. The van der Waals surface area contributed by atoms with E-state index in [1.54, 1.807) is 25.1 Å². The third-order valence-corrected chi connectivity index (χ3v) is 3.47. The predicted octanol–water partition coefficient (Wildman–Crippen LogP) is -0.219. The van der Waals surface area contributed by atoms with Crippen LogP contribution in [-0.4, -0.2) is 13.0 Å². The van der Waals surface area contributed by atoms with E-state index in [4.69, 9.17) is 0 Å². The maximum atomic E-state index is 11.2. The van der Waals surface area contributed by atoms with Gasteiger partial charge in [0, 0.05) is 5.56 Å². The Morgan fingerprint density at radius 1 is 1.17 bits per heavy atom. The van der Waals surface area contributed by atoms with E-state index >= 15 is 0 Å². The molecule has 0 unspecified atom stereocenters. The predicted molar refractivity (Wildman–Crippen MR) is 66.6 cm³/mol. The van der Waals surface area contributed by atoms with Gasteiger partial charge in [0.05, 0.1) is 4.90 Å². The van der Waals surface area contributed by atoms with Gasteiger partial charge >= 0.3 is 58.2 Å². The molecule has 3 nitrogen and oxygen atoms in total. The van der Waals surface area contributed by atoms with Crippen LogP contribution in [0.3, 0.4) is 0 Å². The first kappa shape index (κ1) is 16.2. The van der Waals surface area contributed by atoms with E-state index in [1.807, 2.05) is 12.1 Å². The maximum Gasteiger partial charge on any atom is 1.00 e. The van der Waals surface area contributed by atoms with Crippen molar-refractivity contribution in [2.45, 2.75) is 11.8 Å². The molecule has 0 saturated heterocycles. The summed E-state index contributed by atoms with van der Waals surface area (Å²) in [4.78, 5) is -0.205. The molecule has 0 fully saturated rings. The molecule has 2 aromatic rings. The van der Waals surface area contributed by atoms with E-state index < -0.39 is 10.1 Å². The molecule has 0 bridgehead atoms. The molecule has 0 heterocycles. The zero-order chi connectivity index (χ0) is 12.6. The molecule has 5 heteroatoms. The molecule has 2 aromatic carbocycles. The summed E-state index contributed by atoms with van der Waals surface area (Å²) in [7, 11) is -4.48. The van der Waals surface area contributed by atoms with Crippen LogP contribution in [0.2, 0.25) is 0 Å². The molecule has 0 atom stereocenters. The van der Waals surface area contributed by atoms with Crippen LogP contribution in [0.25, 0.3) is 16.3 Å². The van der Waals surface area contributed by atoms with Gasteiger partial charge in [0.25, 0.3) is 0 Å². The average molecular weight is 333 g/mol. The van der Waals surface area contributed by atoms with Crippen molar-refractivity contribution in [3.8, 4) is 0 Å². The quantitative estimate of drug-likeness (QED) is 0.715. The van der Waals surface area contributed by atoms with Gasteiger partial charge in [-0.3, -0.25) is 0 Å². The van der Waals surface area contributed by atoms with Crippen molar-refractivity contribution >= 4 is 26.5 Å². The second kappa shape index (κ2) is 6.07. The van der Waals surface area contributed by atoms with Crippen molar-refractivity contribution in [2.75, 3.05) is 0 Å². The van der Waals surface area contributed by atoms with Crippen LogP contribution < -0.4 is 58.2 Å². The molecule has 0 aliphatic heterocycles. The summed E-state index contributed by atoms with van der Waals surface area (Å²) >= 11 is 0. The second-order valence-electron chi connectivity index (χ2n) is 3.89. The van der Waals surface area contributed by atoms with Crippen LogP contribution >= 0.6 is 0 Å². The Morgan fingerprint density at radius 2 is 1.78 bits per heavy atom. The molecule has 0 N–H and O–H groups in total. The smallest absolute Gasteiger partial charge is 0.744 e. The minimum absolute atomic E-state index is 0. The second-order valence-corrected chi connectivity index (χ2v) is 5.24. The summed E-state index contributed by atoms with van der Waals surface area (Å²) in [6.07, 6.45) is 0. The Balaban J connectivity index is 0.00000162. The van der Waals surface area contributed by atoms with E-state index in [-0.39, 0.29) is 63.1 Å². The Hall–Kier alpha value is 0.155. The minimum atomic E-state index is -4.48. The van der Waals surface area contributed by atoms with Gasteiger partial charge in [-0.15, -0.1) is 0 Å². The number of fused-ring (bicyclic) bond motifs is 1. The molecule has 0 aliphatic rings. The van der Waals surface area contributed by atoms with Gasteiger partial charge in [-0.1, -0.05) is 36.9 Å². The zero-order valence-corrected chi connectivity index (χ0v) is 16.0. The molecule has 0 aromatic heterocycles. The summed E-state index contributed by atoms with van der Waals surface area (Å²) in [6.45, 7) is 5.44. The zero-order valence-electron chi connectivity index (χ0n) is 10.3. The molecule has 0 amide bonds. The van der Waals surface area contributed by atoms with E-state index in [0.717, 1.165) is 10.8 Å². The summed E-state index contributed by atoms with van der Waals surface area (Å²) in [5.74, 6) is 0. The van der Waals surface area contributed by atoms with Crippen molar-refractivity contribution in [2.24, 2.45) is 0 Å². The third-order valence-electron chi connectivity index (χ3n) is 2.59. The minimum Gasteiger partial charge on any atom is -0.744 e. The molecule has 18 heavy (non-hydrogen) atoms. The summed E-state index contributed by atoms with van der Waals surface area (Å²) in [6, 6.07) is 10.3. The summed E-state index contributed by atoms with van der Waals surface area (Å²) < 4.78 is 33.6. The molecule has 0 spiro atoms. The van der Waals surface area contributed by atoms with Gasteiger partial charge in [-0.25, -0.2) is 8.42 Å². The van der Waals surface area contributed by atoms with Gasteiger partial charge in [0.2, 0.25) is 0 Å². The van der Waals surface area contributed by atoms with Crippen molar-refractivity contribution < 1.29 is 71.2 Å². The normalized spacial score (nSPS) is 11.0. The maximum absolute atomic E-state index is 11.2. The molecule has 2 rings (SSSR count). The molecule has 0 radical (unpaired) electrons. The largest absolute Gasteiger partial charge is 1.00 e. The SMILES string of the molecule is C=C(C)c1c(S(=O)(=O)[O-])ccc2ccccc12.[Rb+]. The van der Waals surface area contributed by atoms with Crippen molar-refractivity contribution in [1.29, 1.82) is 0 Å². The van der Waals surface area contributed by atoms with E-state index in [9.17, 15) is 13.0 Å². The number of benzene rings is 2. The molecular weight excluding hydrogens is 322 g/mol. The van der Waals surface area contributed by atoms with Crippen LogP contribution in [-0.2, 0) is 10.1 Å². The first-order valence-corrected chi connectivity index (χ1v) is 6.45. The van der Waals surface area contributed by atoms with Gasteiger partial charge in [-0.05, 0) is 29.3 Å². The molecule has 88 valence electrons. The van der Waals surface area contributed by atoms with E-state index in [2.05, 4.69) is 6.58 Å². The first-order valence-electron chi connectivity index (χ1n) is 5.05. The molecule has 0 aliphatic carbocycles. The summed E-state index contributed by atoms with van der Waals surface area (Å²) in [5, 5.41) is 1.62. The van der Waals surface area contributed by atoms with Crippen molar-refractivity contribution in [1.82, 2.24) is 0 Å².